The minimum Gasteiger partial charge on any atom is -0.352 e. The van der Waals surface area contributed by atoms with Crippen molar-refractivity contribution in [2.24, 2.45) is 4.40 Å². The molecule has 1 amide bonds. The number of allylic oxidation sites excluding steroid dienone is 1. The molecule has 3 rings (SSSR count). The van der Waals surface area contributed by atoms with Gasteiger partial charge in [-0.3, -0.25) is 14.4 Å². The van der Waals surface area contributed by atoms with E-state index in [4.69, 9.17) is 0 Å². The summed E-state index contributed by atoms with van der Waals surface area (Å²) in [6, 6.07) is 10.4. The Kier molecular flexibility index (Phi) is 5.43. The highest BCUT2D eigenvalue weighted by molar-refractivity contribution is 7.88. The average molecular weight is 376 g/mol. The fourth-order valence-electron chi connectivity index (χ4n) is 3.42. The first-order chi connectivity index (χ1) is 12.3. The van der Waals surface area contributed by atoms with Crippen LogP contribution in [-0.2, 0) is 21.5 Å². The Morgan fingerprint density at radius 1 is 1.31 bits per heavy atom. The number of carbonyl (C=O) groups is 1. The van der Waals surface area contributed by atoms with E-state index >= 15 is 0 Å². The van der Waals surface area contributed by atoms with Gasteiger partial charge in [0.05, 0.1) is 12.1 Å². The summed E-state index contributed by atoms with van der Waals surface area (Å²) in [6.07, 6.45) is 1.04. The molecule has 0 spiro atoms. The number of carbonyl (C=O) groups excluding carboxylic acids is 1. The number of amides is 1. The van der Waals surface area contributed by atoms with Crippen LogP contribution in [0.2, 0.25) is 0 Å². The largest absolute Gasteiger partial charge is 0.352 e. The van der Waals surface area contributed by atoms with Crippen molar-refractivity contribution in [3.05, 3.63) is 47.2 Å². The van der Waals surface area contributed by atoms with Crippen LogP contribution in [0.5, 0.6) is 0 Å². The van der Waals surface area contributed by atoms with Gasteiger partial charge in [-0.15, -0.1) is 4.40 Å². The van der Waals surface area contributed by atoms with E-state index in [1.807, 2.05) is 18.2 Å². The van der Waals surface area contributed by atoms with Gasteiger partial charge in [-0.2, -0.15) is 8.42 Å². The summed E-state index contributed by atoms with van der Waals surface area (Å²) in [5.41, 5.74) is 2.73. The Labute approximate surface area is 154 Å². The molecule has 1 saturated heterocycles. The molecule has 7 nitrogen and oxygen atoms in total. The van der Waals surface area contributed by atoms with Crippen LogP contribution < -0.4 is 10.0 Å². The number of benzene rings is 1. The van der Waals surface area contributed by atoms with Crippen molar-refractivity contribution >= 4 is 21.8 Å². The molecule has 1 aromatic carbocycles. The second-order valence-electron chi connectivity index (χ2n) is 6.81. The first-order valence-electron chi connectivity index (χ1n) is 8.67. The normalized spacial score (nSPS) is 22.7. The van der Waals surface area contributed by atoms with E-state index in [0.29, 0.717) is 17.0 Å². The van der Waals surface area contributed by atoms with Crippen LogP contribution in [0.4, 0.5) is 0 Å². The Bertz CT molecular complexity index is 846. The molecule has 2 heterocycles. The zero-order valence-corrected chi connectivity index (χ0v) is 15.8. The smallest absolute Gasteiger partial charge is 0.342 e. The second kappa shape index (κ2) is 7.59. The van der Waals surface area contributed by atoms with Crippen molar-refractivity contribution in [3.8, 4) is 0 Å². The molecule has 140 valence electrons. The number of likely N-dealkylation sites (tertiary alicyclic amines) is 1. The Balaban J connectivity index is 1.52. The van der Waals surface area contributed by atoms with Crippen molar-refractivity contribution in [1.82, 2.24) is 14.9 Å². The van der Waals surface area contributed by atoms with E-state index < -0.39 is 10.2 Å². The molecule has 0 radical (unpaired) electrons. The molecule has 2 aliphatic heterocycles. The summed E-state index contributed by atoms with van der Waals surface area (Å²) in [5.74, 6) is -0.110. The maximum Gasteiger partial charge on any atom is 0.342 e. The molecule has 1 atom stereocenters. The summed E-state index contributed by atoms with van der Waals surface area (Å²) >= 11 is 0. The minimum absolute atomic E-state index is 0.110. The van der Waals surface area contributed by atoms with Gasteiger partial charge in [-0.1, -0.05) is 30.3 Å². The van der Waals surface area contributed by atoms with Gasteiger partial charge in [0.2, 0.25) is 5.91 Å². The number of hydrogen-bond acceptors (Lipinski definition) is 4. The average Bonchev–Trinajstić information content (AvgIpc) is 2.98. The molecule has 1 fully saturated rings. The van der Waals surface area contributed by atoms with Crippen molar-refractivity contribution < 1.29 is 13.2 Å². The number of nitrogens with one attached hydrogen (secondary N) is 2. The van der Waals surface area contributed by atoms with Crippen LogP contribution in [-0.4, -0.2) is 44.1 Å². The van der Waals surface area contributed by atoms with Gasteiger partial charge >= 0.3 is 10.2 Å². The van der Waals surface area contributed by atoms with Gasteiger partial charge in [0.15, 0.2) is 0 Å². The highest BCUT2D eigenvalue weighted by Gasteiger charge is 2.26. The van der Waals surface area contributed by atoms with Crippen molar-refractivity contribution in [2.75, 3.05) is 13.1 Å². The Morgan fingerprint density at radius 3 is 2.73 bits per heavy atom. The highest BCUT2D eigenvalue weighted by atomic mass is 32.2. The van der Waals surface area contributed by atoms with E-state index in [9.17, 15) is 13.2 Å². The predicted molar refractivity (Wildman–Crippen MR) is 101 cm³/mol. The predicted octanol–water partition coefficient (Wildman–Crippen LogP) is 1.35. The lowest BCUT2D eigenvalue weighted by Crippen LogP contribution is -2.38. The zero-order chi connectivity index (χ0) is 18.7. The summed E-state index contributed by atoms with van der Waals surface area (Å²) < 4.78 is 29.0. The Hall–Kier alpha value is -2.19. The van der Waals surface area contributed by atoms with Crippen LogP contribution in [0.1, 0.15) is 32.3 Å². The monoisotopic (exact) mass is 376 g/mol. The van der Waals surface area contributed by atoms with Crippen molar-refractivity contribution in [3.63, 3.8) is 0 Å². The van der Waals surface area contributed by atoms with Crippen LogP contribution in [0, 0.1) is 0 Å². The first kappa shape index (κ1) is 18.6. The fraction of sp³-hybridized carbons (Fsp3) is 0.444. The van der Waals surface area contributed by atoms with Gasteiger partial charge in [-0.25, -0.2) is 0 Å². The third-order valence-corrected chi connectivity index (χ3v) is 5.73. The van der Waals surface area contributed by atoms with Crippen molar-refractivity contribution in [2.45, 2.75) is 39.3 Å². The SMILES string of the molecule is CC1=NS(=O)(=O)NC(C)=C1CC(=O)N[C@H]1CCN(Cc2ccccc2)C1. The van der Waals surface area contributed by atoms with E-state index in [1.54, 1.807) is 13.8 Å². The van der Waals surface area contributed by atoms with E-state index in [0.717, 1.165) is 26.1 Å². The lowest BCUT2D eigenvalue weighted by Gasteiger charge is -2.19. The quantitative estimate of drug-likeness (QED) is 0.812. The molecular weight excluding hydrogens is 352 g/mol. The fourth-order valence-corrected chi connectivity index (χ4v) is 4.45. The van der Waals surface area contributed by atoms with Crippen LogP contribution in [0.25, 0.3) is 0 Å². The summed E-state index contributed by atoms with van der Waals surface area (Å²) in [6.45, 7) is 5.91. The maximum absolute atomic E-state index is 12.4. The molecule has 0 saturated carbocycles. The maximum atomic E-state index is 12.4. The number of nitrogens with zero attached hydrogens (tertiary/aromatic N) is 2. The van der Waals surface area contributed by atoms with Crippen molar-refractivity contribution in [1.29, 1.82) is 0 Å². The standard InChI is InChI=1S/C18H24N4O3S/c1-13-17(14(2)21-26(24,25)20-13)10-18(23)19-16-8-9-22(12-16)11-15-6-4-3-5-7-15/h3-7,16,20H,8-12H2,1-2H3,(H,19,23)/t16-/m0/s1. The van der Waals surface area contributed by atoms with Gasteiger partial charge in [-0.05, 0) is 25.8 Å². The summed E-state index contributed by atoms with van der Waals surface area (Å²) in [7, 11) is -3.67. The Morgan fingerprint density at radius 2 is 2.04 bits per heavy atom. The second-order valence-corrected chi connectivity index (χ2v) is 8.14. The molecule has 0 aromatic heterocycles. The lowest BCUT2D eigenvalue weighted by molar-refractivity contribution is -0.121. The third kappa shape index (κ3) is 4.70. The van der Waals surface area contributed by atoms with Gasteiger partial charge < -0.3 is 5.32 Å². The van der Waals surface area contributed by atoms with Gasteiger partial charge in [0.25, 0.3) is 0 Å². The van der Waals surface area contributed by atoms with E-state index in [2.05, 4.69) is 31.5 Å². The van der Waals surface area contributed by atoms with Crippen LogP contribution in [0.15, 0.2) is 46.0 Å². The molecule has 26 heavy (non-hydrogen) atoms. The van der Waals surface area contributed by atoms with E-state index in [1.165, 1.54) is 5.56 Å². The lowest BCUT2D eigenvalue weighted by atomic mass is 10.1. The molecule has 1 aromatic rings. The number of rotatable bonds is 5. The first-order valence-corrected chi connectivity index (χ1v) is 10.1. The van der Waals surface area contributed by atoms with Crippen LogP contribution >= 0.6 is 0 Å². The summed E-state index contributed by atoms with van der Waals surface area (Å²) in [4.78, 5) is 14.7. The topological polar surface area (TPSA) is 90.9 Å². The molecule has 2 N–H and O–H groups in total. The van der Waals surface area contributed by atoms with Gasteiger partial charge in [0, 0.05) is 36.9 Å². The molecule has 8 heteroatoms. The molecule has 0 bridgehead atoms. The van der Waals surface area contributed by atoms with Crippen LogP contribution in [0.3, 0.4) is 0 Å². The molecule has 2 aliphatic rings. The minimum atomic E-state index is -3.67. The third-order valence-electron chi connectivity index (χ3n) is 4.65. The number of hydrogen-bond donors (Lipinski definition) is 2. The van der Waals surface area contributed by atoms with Gasteiger partial charge in [0.1, 0.15) is 0 Å². The highest BCUT2D eigenvalue weighted by Crippen LogP contribution is 2.18. The molecular formula is C18H24N4O3S. The summed E-state index contributed by atoms with van der Waals surface area (Å²) in [5, 5.41) is 3.06. The molecule has 0 aliphatic carbocycles. The molecule has 0 unspecified atom stereocenters. The van der Waals surface area contributed by atoms with E-state index in [-0.39, 0.29) is 18.4 Å². The zero-order valence-electron chi connectivity index (χ0n) is 15.0.